The van der Waals surface area contributed by atoms with E-state index in [1.54, 1.807) is 20.8 Å². The average Bonchev–Trinajstić information content (AvgIpc) is 1.53. The topological polar surface area (TPSA) is 75.3 Å². The predicted octanol–water partition coefficient (Wildman–Crippen LogP) is 0.204. The Morgan fingerprint density at radius 1 is 1.73 bits per heavy atom. The van der Waals surface area contributed by atoms with E-state index in [1.165, 1.54) is 0 Å². The molecule has 0 aliphatic carbocycles. The van der Waals surface area contributed by atoms with Crippen molar-refractivity contribution in [3.63, 3.8) is 0 Å². The van der Waals surface area contributed by atoms with Crippen molar-refractivity contribution in [1.29, 1.82) is 0 Å². The second-order valence-corrected chi connectivity index (χ2v) is 3.43. The van der Waals surface area contributed by atoms with Gasteiger partial charge in [-0.15, -0.1) is 0 Å². The third-order valence-corrected chi connectivity index (χ3v) is 1.19. The minimum atomic E-state index is -0.762. The summed E-state index contributed by atoms with van der Waals surface area (Å²) in [6, 6.07) is -0.644. The van der Waals surface area contributed by atoms with Gasteiger partial charge in [0.2, 0.25) is 0 Å². The molecule has 4 N–H and O–H groups in total. The first-order valence-electron chi connectivity index (χ1n) is 3.59. The maximum absolute atomic E-state index is 10.3. The number of amides is 2. The molecule has 4 heteroatoms. The van der Waals surface area contributed by atoms with Crippen LogP contribution in [0.1, 0.15) is 27.2 Å². The second kappa shape index (κ2) is 3.57. The Kier molecular flexibility index (Phi) is 3.32. The van der Waals surface area contributed by atoms with Gasteiger partial charge < -0.3 is 16.2 Å². The lowest BCUT2D eigenvalue weighted by molar-refractivity contribution is 0.0626. The third-order valence-electron chi connectivity index (χ3n) is 1.19. The Hall–Kier alpha value is -0.770. The van der Waals surface area contributed by atoms with Gasteiger partial charge >= 0.3 is 6.03 Å². The highest BCUT2D eigenvalue weighted by atomic mass is 16.3. The van der Waals surface area contributed by atoms with Crippen molar-refractivity contribution in [2.75, 3.05) is 0 Å². The van der Waals surface area contributed by atoms with E-state index in [9.17, 15) is 9.90 Å². The lowest BCUT2D eigenvalue weighted by Gasteiger charge is -2.21. The molecule has 0 aromatic carbocycles. The van der Waals surface area contributed by atoms with Crippen molar-refractivity contribution in [3.05, 3.63) is 0 Å². The zero-order valence-corrected chi connectivity index (χ0v) is 7.22. The molecule has 0 saturated carbocycles. The van der Waals surface area contributed by atoms with Gasteiger partial charge in [0.1, 0.15) is 0 Å². The van der Waals surface area contributed by atoms with Gasteiger partial charge in [-0.3, -0.25) is 0 Å². The van der Waals surface area contributed by atoms with E-state index >= 15 is 0 Å². The molecule has 1 atom stereocenters. The summed E-state index contributed by atoms with van der Waals surface area (Å²) < 4.78 is 0. The number of carbonyl (C=O) groups excluding carboxylic acids is 1. The van der Waals surface area contributed by atoms with E-state index in [-0.39, 0.29) is 6.04 Å². The highest BCUT2D eigenvalue weighted by Crippen LogP contribution is 2.09. The van der Waals surface area contributed by atoms with E-state index in [0.717, 1.165) is 0 Å². The van der Waals surface area contributed by atoms with Crippen LogP contribution in [0.2, 0.25) is 0 Å². The van der Waals surface area contributed by atoms with Gasteiger partial charge in [0.15, 0.2) is 0 Å². The Balaban J connectivity index is 3.69. The van der Waals surface area contributed by atoms with Gasteiger partial charge in [0.25, 0.3) is 0 Å². The lowest BCUT2D eigenvalue weighted by Crippen LogP contribution is -2.40. The van der Waals surface area contributed by atoms with Crippen molar-refractivity contribution in [3.8, 4) is 0 Å². The predicted molar refractivity (Wildman–Crippen MR) is 43.1 cm³/mol. The number of rotatable bonds is 3. The molecule has 0 bridgehead atoms. The summed E-state index contributed by atoms with van der Waals surface area (Å²) in [4.78, 5) is 10.3. The highest BCUT2D eigenvalue weighted by molar-refractivity contribution is 5.71. The van der Waals surface area contributed by atoms with Crippen LogP contribution in [0.5, 0.6) is 0 Å². The first-order valence-corrected chi connectivity index (χ1v) is 3.59. The molecule has 0 heterocycles. The van der Waals surface area contributed by atoms with Crippen LogP contribution in [0, 0.1) is 0 Å². The SMILES string of the molecule is CC(CC(C)(C)O)NC(N)=O. The van der Waals surface area contributed by atoms with Crippen molar-refractivity contribution < 1.29 is 9.90 Å². The number of aliphatic hydroxyl groups is 1. The molecule has 66 valence electrons. The number of hydrogen-bond acceptors (Lipinski definition) is 2. The molecule has 0 spiro atoms. The van der Waals surface area contributed by atoms with Crippen LogP contribution in [0.4, 0.5) is 4.79 Å². The van der Waals surface area contributed by atoms with E-state index in [4.69, 9.17) is 5.73 Å². The van der Waals surface area contributed by atoms with Crippen molar-refractivity contribution in [2.45, 2.75) is 38.8 Å². The first kappa shape index (κ1) is 10.2. The van der Waals surface area contributed by atoms with E-state index < -0.39 is 11.6 Å². The molecular formula is C7H16N2O2. The molecule has 2 amide bonds. The fourth-order valence-electron chi connectivity index (χ4n) is 1.04. The zero-order valence-electron chi connectivity index (χ0n) is 7.22. The summed E-state index contributed by atoms with van der Waals surface area (Å²) in [6.07, 6.45) is 0.496. The quantitative estimate of drug-likeness (QED) is 0.551. The molecular weight excluding hydrogens is 144 g/mol. The molecule has 0 fully saturated rings. The zero-order chi connectivity index (χ0) is 9.07. The Bertz CT molecular complexity index is 140. The Morgan fingerprint density at radius 3 is 2.45 bits per heavy atom. The molecule has 0 aliphatic heterocycles. The standard InChI is InChI=1S/C7H16N2O2/c1-5(9-6(8)10)4-7(2,3)11/h5,11H,4H2,1-3H3,(H3,8,9,10). The van der Waals surface area contributed by atoms with Gasteiger partial charge in [0, 0.05) is 6.04 Å². The van der Waals surface area contributed by atoms with Crippen molar-refractivity contribution in [2.24, 2.45) is 5.73 Å². The number of carbonyl (C=O) groups is 1. The van der Waals surface area contributed by atoms with E-state index in [2.05, 4.69) is 5.32 Å². The fraction of sp³-hybridized carbons (Fsp3) is 0.857. The lowest BCUT2D eigenvalue weighted by atomic mass is 10.0. The number of nitrogens with one attached hydrogen (secondary N) is 1. The van der Waals surface area contributed by atoms with Crippen LogP contribution in [0.3, 0.4) is 0 Å². The molecule has 0 aromatic rings. The minimum absolute atomic E-state index is 0.0903. The number of nitrogens with two attached hydrogens (primary N) is 1. The van der Waals surface area contributed by atoms with Crippen LogP contribution in [-0.4, -0.2) is 22.8 Å². The summed E-state index contributed by atoms with van der Waals surface area (Å²) >= 11 is 0. The van der Waals surface area contributed by atoms with Gasteiger partial charge in [-0.1, -0.05) is 0 Å². The van der Waals surface area contributed by atoms with Gasteiger partial charge in [-0.25, -0.2) is 4.79 Å². The maximum atomic E-state index is 10.3. The maximum Gasteiger partial charge on any atom is 0.312 e. The molecule has 4 nitrogen and oxygen atoms in total. The third kappa shape index (κ3) is 7.12. The number of primary amides is 1. The second-order valence-electron chi connectivity index (χ2n) is 3.43. The van der Waals surface area contributed by atoms with Gasteiger partial charge in [0.05, 0.1) is 5.60 Å². The highest BCUT2D eigenvalue weighted by Gasteiger charge is 2.17. The minimum Gasteiger partial charge on any atom is -0.390 e. The molecule has 0 aromatic heterocycles. The molecule has 0 saturated heterocycles. The largest absolute Gasteiger partial charge is 0.390 e. The van der Waals surface area contributed by atoms with Crippen LogP contribution in [0.15, 0.2) is 0 Å². The molecule has 0 radical (unpaired) electrons. The average molecular weight is 160 g/mol. The monoisotopic (exact) mass is 160 g/mol. The Morgan fingerprint density at radius 2 is 2.18 bits per heavy atom. The normalized spacial score (nSPS) is 14.2. The van der Waals surface area contributed by atoms with Crippen molar-refractivity contribution in [1.82, 2.24) is 5.32 Å². The summed E-state index contributed by atoms with van der Waals surface area (Å²) in [5.41, 5.74) is 4.12. The van der Waals surface area contributed by atoms with Crippen LogP contribution >= 0.6 is 0 Å². The van der Waals surface area contributed by atoms with Gasteiger partial charge in [-0.05, 0) is 27.2 Å². The Labute approximate surface area is 66.8 Å². The molecule has 1 unspecified atom stereocenters. The molecule has 0 aliphatic rings. The van der Waals surface area contributed by atoms with E-state index in [0.29, 0.717) is 6.42 Å². The fourth-order valence-corrected chi connectivity index (χ4v) is 1.04. The van der Waals surface area contributed by atoms with E-state index in [1.807, 2.05) is 0 Å². The smallest absolute Gasteiger partial charge is 0.312 e. The molecule has 0 rings (SSSR count). The van der Waals surface area contributed by atoms with Gasteiger partial charge in [-0.2, -0.15) is 0 Å². The van der Waals surface area contributed by atoms with Crippen LogP contribution < -0.4 is 11.1 Å². The van der Waals surface area contributed by atoms with Crippen LogP contribution in [-0.2, 0) is 0 Å². The summed E-state index contributed by atoms with van der Waals surface area (Å²) in [5, 5.41) is 11.8. The first-order chi connectivity index (χ1) is 4.81. The van der Waals surface area contributed by atoms with Crippen LogP contribution in [0.25, 0.3) is 0 Å². The number of hydrogen-bond donors (Lipinski definition) is 3. The summed E-state index contributed by atoms with van der Waals surface area (Å²) in [7, 11) is 0. The summed E-state index contributed by atoms with van der Waals surface area (Å²) in [5.74, 6) is 0. The van der Waals surface area contributed by atoms with Crippen molar-refractivity contribution >= 4 is 6.03 Å². The molecule has 11 heavy (non-hydrogen) atoms. The summed E-state index contributed by atoms with van der Waals surface area (Å²) in [6.45, 7) is 5.17. The number of urea groups is 1.